The molecule has 0 aromatic heterocycles. The van der Waals surface area contributed by atoms with E-state index in [-0.39, 0.29) is 6.09 Å². The van der Waals surface area contributed by atoms with Crippen molar-refractivity contribution in [2.24, 2.45) is 5.92 Å². The normalized spacial score (nSPS) is 24.7. The van der Waals surface area contributed by atoms with E-state index in [4.69, 9.17) is 4.74 Å². The Kier molecular flexibility index (Phi) is 6.09. The van der Waals surface area contributed by atoms with Gasteiger partial charge in [-0.25, -0.2) is 4.79 Å². The lowest BCUT2D eigenvalue weighted by Gasteiger charge is -2.29. The van der Waals surface area contributed by atoms with Crippen LogP contribution in [0.5, 0.6) is 0 Å². The number of hydrogen-bond donors (Lipinski definition) is 1. The summed E-state index contributed by atoms with van der Waals surface area (Å²) in [5, 5.41) is 3.62. The molecule has 2 heterocycles. The van der Waals surface area contributed by atoms with Gasteiger partial charge in [0.05, 0.1) is 0 Å². The Morgan fingerprint density at radius 2 is 1.86 bits per heavy atom. The highest BCUT2D eigenvalue weighted by Gasteiger charge is 2.29. The van der Waals surface area contributed by atoms with Gasteiger partial charge in [0.1, 0.15) is 5.60 Å². The Bertz CT molecular complexity index is 359. The molecule has 5 nitrogen and oxygen atoms in total. The third-order valence-corrected chi connectivity index (χ3v) is 4.66. The first-order valence-electron chi connectivity index (χ1n) is 8.73. The fourth-order valence-corrected chi connectivity index (χ4v) is 3.26. The van der Waals surface area contributed by atoms with Gasteiger partial charge >= 0.3 is 6.09 Å². The predicted octanol–water partition coefficient (Wildman–Crippen LogP) is 2.32. The van der Waals surface area contributed by atoms with Gasteiger partial charge in [0.15, 0.2) is 0 Å². The number of amides is 1. The molecule has 0 aromatic carbocycles. The molecule has 0 spiro atoms. The predicted molar refractivity (Wildman–Crippen MR) is 89.1 cm³/mol. The summed E-state index contributed by atoms with van der Waals surface area (Å²) in [5.41, 5.74) is -0.406. The Balaban J connectivity index is 1.61. The molecule has 22 heavy (non-hydrogen) atoms. The summed E-state index contributed by atoms with van der Waals surface area (Å²) >= 11 is 0. The number of ether oxygens (including phenoxy) is 1. The Morgan fingerprint density at radius 3 is 2.50 bits per heavy atom. The maximum absolute atomic E-state index is 12.0. The molecular weight excluding hydrogens is 278 g/mol. The zero-order valence-corrected chi connectivity index (χ0v) is 14.7. The minimum atomic E-state index is -0.406. The van der Waals surface area contributed by atoms with E-state index >= 15 is 0 Å². The van der Waals surface area contributed by atoms with Crippen molar-refractivity contribution < 1.29 is 9.53 Å². The zero-order chi connectivity index (χ0) is 16.2. The van der Waals surface area contributed by atoms with Crippen molar-refractivity contribution >= 4 is 6.09 Å². The molecule has 0 saturated carbocycles. The van der Waals surface area contributed by atoms with Gasteiger partial charge in [-0.3, -0.25) is 0 Å². The van der Waals surface area contributed by atoms with Crippen molar-refractivity contribution in [3.05, 3.63) is 0 Å². The van der Waals surface area contributed by atoms with Crippen LogP contribution in [-0.2, 0) is 4.74 Å². The highest BCUT2D eigenvalue weighted by molar-refractivity contribution is 5.68. The highest BCUT2D eigenvalue weighted by atomic mass is 16.6. The summed E-state index contributed by atoms with van der Waals surface area (Å²) in [4.78, 5) is 16.3. The van der Waals surface area contributed by atoms with Gasteiger partial charge in [-0.15, -0.1) is 0 Å². The third-order valence-electron chi connectivity index (χ3n) is 4.66. The van der Waals surface area contributed by atoms with E-state index in [1.54, 1.807) is 0 Å². The van der Waals surface area contributed by atoms with Crippen molar-refractivity contribution in [1.82, 2.24) is 15.1 Å². The average molecular weight is 311 g/mol. The standard InChI is InChI=1S/C17H33N3O2/c1-17(2,3)22-16(21)20-12-8-15(13-20)18-9-5-14-6-10-19(4)11-7-14/h14-15,18H,5-13H2,1-4H3. The highest BCUT2D eigenvalue weighted by Crippen LogP contribution is 2.19. The second-order valence-electron chi connectivity index (χ2n) is 7.90. The molecule has 0 bridgehead atoms. The van der Waals surface area contributed by atoms with Crippen LogP contribution in [-0.4, -0.2) is 67.3 Å². The van der Waals surface area contributed by atoms with Crippen LogP contribution in [0.3, 0.4) is 0 Å². The van der Waals surface area contributed by atoms with Crippen molar-refractivity contribution in [2.45, 2.75) is 58.1 Å². The maximum Gasteiger partial charge on any atom is 0.410 e. The van der Waals surface area contributed by atoms with E-state index in [0.717, 1.165) is 32.0 Å². The second-order valence-corrected chi connectivity index (χ2v) is 7.90. The summed E-state index contributed by atoms with van der Waals surface area (Å²) in [6.45, 7) is 10.9. The van der Waals surface area contributed by atoms with Crippen molar-refractivity contribution in [3.63, 3.8) is 0 Å². The van der Waals surface area contributed by atoms with Crippen molar-refractivity contribution in [2.75, 3.05) is 39.8 Å². The molecule has 0 radical (unpaired) electrons. The average Bonchev–Trinajstić information content (AvgIpc) is 2.88. The van der Waals surface area contributed by atoms with Crippen LogP contribution < -0.4 is 5.32 Å². The summed E-state index contributed by atoms with van der Waals surface area (Å²) in [5.74, 6) is 0.868. The number of rotatable bonds is 4. The monoisotopic (exact) mass is 311 g/mol. The van der Waals surface area contributed by atoms with Gasteiger partial charge in [-0.1, -0.05) is 0 Å². The van der Waals surface area contributed by atoms with E-state index in [1.165, 1.54) is 32.4 Å². The lowest BCUT2D eigenvalue weighted by Crippen LogP contribution is -2.39. The molecule has 1 atom stereocenters. The number of piperidine rings is 1. The minimum absolute atomic E-state index is 0.174. The first-order chi connectivity index (χ1) is 10.3. The molecule has 128 valence electrons. The summed E-state index contributed by atoms with van der Waals surface area (Å²) in [6.07, 6.45) is 4.77. The quantitative estimate of drug-likeness (QED) is 0.865. The third kappa shape index (κ3) is 5.76. The lowest BCUT2D eigenvalue weighted by atomic mass is 9.94. The molecular formula is C17H33N3O2. The van der Waals surface area contributed by atoms with Gasteiger partial charge in [0.25, 0.3) is 0 Å². The summed E-state index contributed by atoms with van der Waals surface area (Å²) in [7, 11) is 2.21. The van der Waals surface area contributed by atoms with Gasteiger partial charge in [-0.2, -0.15) is 0 Å². The first kappa shape index (κ1) is 17.5. The van der Waals surface area contributed by atoms with Gasteiger partial charge in [0, 0.05) is 19.1 Å². The fraction of sp³-hybridized carbons (Fsp3) is 0.941. The van der Waals surface area contributed by atoms with Crippen LogP contribution in [0.2, 0.25) is 0 Å². The number of nitrogens with zero attached hydrogens (tertiary/aromatic N) is 2. The Morgan fingerprint density at radius 1 is 1.18 bits per heavy atom. The molecule has 1 unspecified atom stereocenters. The fourth-order valence-electron chi connectivity index (χ4n) is 3.26. The SMILES string of the molecule is CN1CCC(CCNC2CCN(C(=O)OC(C)(C)C)C2)CC1. The van der Waals surface area contributed by atoms with Gasteiger partial charge in [-0.05, 0) is 79.1 Å². The number of carbonyl (C=O) groups is 1. The Labute approximate surface area is 135 Å². The first-order valence-corrected chi connectivity index (χ1v) is 8.73. The van der Waals surface area contributed by atoms with Crippen molar-refractivity contribution in [3.8, 4) is 0 Å². The van der Waals surface area contributed by atoms with Crippen LogP contribution in [0, 0.1) is 5.92 Å². The van der Waals surface area contributed by atoms with Crippen LogP contribution in [0.25, 0.3) is 0 Å². The van der Waals surface area contributed by atoms with E-state index in [9.17, 15) is 4.79 Å². The van der Waals surface area contributed by atoms with Crippen LogP contribution in [0.15, 0.2) is 0 Å². The topological polar surface area (TPSA) is 44.8 Å². The molecule has 5 heteroatoms. The Hall–Kier alpha value is -0.810. The van der Waals surface area contributed by atoms with E-state index in [0.29, 0.717) is 6.04 Å². The van der Waals surface area contributed by atoms with Gasteiger partial charge < -0.3 is 19.9 Å². The molecule has 0 aromatic rings. The molecule has 1 N–H and O–H groups in total. The number of likely N-dealkylation sites (tertiary alicyclic amines) is 2. The molecule has 2 fully saturated rings. The van der Waals surface area contributed by atoms with Crippen LogP contribution in [0.4, 0.5) is 4.79 Å². The minimum Gasteiger partial charge on any atom is -0.444 e. The molecule has 2 aliphatic rings. The summed E-state index contributed by atoms with van der Waals surface area (Å²) < 4.78 is 5.43. The van der Waals surface area contributed by atoms with Crippen LogP contribution >= 0.6 is 0 Å². The van der Waals surface area contributed by atoms with Crippen LogP contribution in [0.1, 0.15) is 46.5 Å². The molecule has 2 rings (SSSR count). The van der Waals surface area contributed by atoms with E-state index in [2.05, 4.69) is 17.3 Å². The molecule has 1 amide bonds. The largest absolute Gasteiger partial charge is 0.444 e. The van der Waals surface area contributed by atoms with E-state index in [1.807, 2.05) is 25.7 Å². The molecule has 2 saturated heterocycles. The lowest BCUT2D eigenvalue weighted by molar-refractivity contribution is 0.0291. The zero-order valence-electron chi connectivity index (χ0n) is 14.7. The second kappa shape index (κ2) is 7.64. The smallest absolute Gasteiger partial charge is 0.410 e. The number of carbonyl (C=O) groups excluding carboxylic acids is 1. The maximum atomic E-state index is 12.0. The number of nitrogens with one attached hydrogen (secondary N) is 1. The number of hydrogen-bond acceptors (Lipinski definition) is 4. The van der Waals surface area contributed by atoms with E-state index < -0.39 is 5.60 Å². The van der Waals surface area contributed by atoms with Crippen molar-refractivity contribution in [1.29, 1.82) is 0 Å². The molecule has 0 aliphatic carbocycles. The molecule has 2 aliphatic heterocycles. The van der Waals surface area contributed by atoms with Gasteiger partial charge in [0.2, 0.25) is 0 Å². The summed E-state index contributed by atoms with van der Waals surface area (Å²) in [6, 6.07) is 0.429.